The quantitative estimate of drug-likeness (QED) is 0.535. The highest BCUT2D eigenvalue weighted by Crippen LogP contribution is 2.17. The maximum absolute atomic E-state index is 12.2. The van der Waals surface area contributed by atoms with Crippen molar-refractivity contribution >= 4 is 17.2 Å². The number of nitrogens with zero attached hydrogens (tertiary/aromatic N) is 1. The zero-order chi connectivity index (χ0) is 12.6. The maximum atomic E-state index is 12.2. The topological polar surface area (TPSA) is 29.3 Å². The molecule has 0 aromatic rings. The summed E-state index contributed by atoms with van der Waals surface area (Å²) in [5, 5.41) is 0. The molecule has 0 aromatic heterocycles. The normalized spacial score (nSPS) is 12.1. The summed E-state index contributed by atoms with van der Waals surface area (Å²) in [6.07, 6.45) is -1.31. The first-order valence-corrected chi connectivity index (χ1v) is 5.83. The lowest BCUT2D eigenvalue weighted by atomic mass is 10.2. The smallest absolute Gasteiger partial charge is 0.393 e. The maximum Gasteiger partial charge on any atom is 0.401 e. The lowest BCUT2D eigenvalue weighted by Gasteiger charge is -2.22. The van der Waals surface area contributed by atoms with Crippen LogP contribution in [-0.4, -0.2) is 35.7 Å². The molecule has 0 radical (unpaired) electrons. The Balaban J connectivity index is 3.80. The Bertz CT molecular complexity index is 207. The molecule has 0 aliphatic carbocycles. The van der Waals surface area contributed by atoms with E-state index in [0.717, 1.165) is 12.8 Å². The van der Waals surface area contributed by atoms with E-state index in [1.54, 1.807) is 0 Å². The summed E-state index contributed by atoms with van der Waals surface area (Å²) in [6, 6.07) is 0. The SMILES string of the molecule is CCCN(CCCCC(N)=S)CC(F)(F)F. The zero-order valence-electron chi connectivity index (χ0n) is 9.52. The number of alkyl halides is 3. The fourth-order valence-corrected chi connectivity index (χ4v) is 1.62. The molecule has 6 heteroatoms. The minimum atomic E-state index is -4.11. The molecule has 0 saturated carbocycles. The molecule has 0 bridgehead atoms. The standard InChI is InChI=1S/C10H19F3N2S/c1-2-6-15(8-10(11,12)13)7-4-3-5-9(14)16/h2-8H2,1H3,(H2,14,16). The van der Waals surface area contributed by atoms with Gasteiger partial charge in [-0.05, 0) is 38.8 Å². The second kappa shape index (κ2) is 7.84. The molecule has 0 unspecified atom stereocenters. The van der Waals surface area contributed by atoms with Gasteiger partial charge in [-0.3, -0.25) is 4.90 Å². The van der Waals surface area contributed by atoms with E-state index in [-0.39, 0.29) is 0 Å². The predicted molar refractivity (Wildman–Crippen MR) is 63.4 cm³/mol. The molecule has 96 valence electrons. The molecule has 0 heterocycles. The van der Waals surface area contributed by atoms with Gasteiger partial charge in [0.05, 0.1) is 11.5 Å². The van der Waals surface area contributed by atoms with Crippen LogP contribution in [0.15, 0.2) is 0 Å². The molecule has 0 saturated heterocycles. The van der Waals surface area contributed by atoms with Crippen LogP contribution in [0.4, 0.5) is 13.2 Å². The molecular weight excluding hydrogens is 237 g/mol. The zero-order valence-corrected chi connectivity index (χ0v) is 10.3. The molecule has 0 amide bonds. The Morgan fingerprint density at radius 2 is 1.88 bits per heavy atom. The molecule has 0 fully saturated rings. The Morgan fingerprint density at radius 1 is 1.25 bits per heavy atom. The van der Waals surface area contributed by atoms with Crippen LogP contribution in [0.5, 0.6) is 0 Å². The third kappa shape index (κ3) is 10.2. The fourth-order valence-electron chi connectivity index (χ4n) is 1.47. The van der Waals surface area contributed by atoms with Crippen molar-refractivity contribution < 1.29 is 13.2 Å². The van der Waals surface area contributed by atoms with Crippen LogP contribution in [0.2, 0.25) is 0 Å². The van der Waals surface area contributed by atoms with Crippen molar-refractivity contribution in [2.75, 3.05) is 19.6 Å². The second-order valence-corrected chi connectivity index (χ2v) is 4.34. The van der Waals surface area contributed by atoms with Gasteiger partial charge in [-0.2, -0.15) is 13.2 Å². The highest BCUT2D eigenvalue weighted by atomic mass is 32.1. The van der Waals surface area contributed by atoms with Gasteiger partial charge in [0.2, 0.25) is 0 Å². The minimum absolute atomic E-state index is 0.429. The second-order valence-electron chi connectivity index (χ2n) is 3.81. The van der Waals surface area contributed by atoms with E-state index in [2.05, 4.69) is 0 Å². The number of hydrogen-bond acceptors (Lipinski definition) is 2. The first-order valence-electron chi connectivity index (χ1n) is 5.42. The predicted octanol–water partition coefficient (Wildman–Crippen LogP) is 2.72. The molecule has 0 spiro atoms. The van der Waals surface area contributed by atoms with Gasteiger partial charge < -0.3 is 5.73 Å². The first-order chi connectivity index (χ1) is 7.35. The number of hydrogen-bond donors (Lipinski definition) is 1. The monoisotopic (exact) mass is 256 g/mol. The van der Waals surface area contributed by atoms with Crippen LogP contribution in [0.1, 0.15) is 32.6 Å². The average molecular weight is 256 g/mol. The molecule has 2 N–H and O–H groups in total. The van der Waals surface area contributed by atoms with E-state index in [9.17, 15) is 13.2 Å². The van der Waals surface area contributed by atoms with Crippen LogP contribution in [0, 0.1) is 0 Å². The third-order valence-corrected chi connectivity index (χ3v) is 2.29. The highest BCUT2D eigenvalue weighted by Gasteiger charge is 2.29. The summed E-state index contributed by atoms with van der Waals surface area (Å²) in [7, 11) is 0. The molecule has 0 aromatic carbocycles. The van der Waals surface area contributed by atoms with Gasteiger partial charge in [0.15, 0.2) is 0 Å². The Hall–Kier alpha value is -0.360. The van der Waals surface area contributed by atoms with E-state index >= 15 is 0 Å². The molecule has 16 heavy (non-hydrogen) atoms. The Kier molecular flexibility index (Phi) is 7.66. The Labute approximate surface area is 100.0 Å². The summed E-state index contributed by atoms with van der Waals surface area (Å²) in [4.78, 5) is 1.86. The van der Waals surface area contributed by atoms with E-state index in [1.807, 2.05) is 6.92 Å². The molecule has 0 aliphatic rings. The number of rotatable bonds is 8. The van der Waals surface area contributed by atoms with Gasteiger partial charge in [0.25, 0.3) is 0 Å². The highest BCUT2D eigenvalue weighted by molar-refractivity contribution is 7.80. The molecule has 2 nitrogen and oxygen atoms in total. The van der Waals surface area contributed by atoms with Gasteiger partial charge in [-0.25, -0.2) is 0 Å². The van der Waals surface area contributed by atoms with Crippen molar-refractivity contribution in [3.05, 3.63) is 0 Å². The number of nitrogens with two attached hydrogens (primary N) is 1. The van der Waals surface area contributed by atoms with Crippen molar-refractivity contribution in [3.63, 3.8) is 0 Å². The van der Waals surface area contributed by atoms with Gasteiger partial charge >= 0.3 is 6.18 Å². The van der Waals surface area contributed by atoms with Crippen molar-refractivity contribution in [1.29, 1.82) is 0 Å². The minimum Gasteiger partial charge on any atom is -0.393 e. The third-order valence-electron chi connectivity index (χ3n) is 2.09. The van der Waals surface area contributed by atoms with Gasteiger partial charge in [-0.1, -0.05) is 19.1 Å². The van der Waals surface area contributed by atoms with Gasteiger partial charge in [-0.15, -0.1) is 0 Å². The summed E-state index contributed by atoms with van der Waals surface area (Å²) >= 11 is 4.70. The van der Waals surface area contributed by atoms with Crippen molar-refractivity contribution in [1.82, 2.24) is 4.90 Å². The van der Waals surface area contributed by atoms with Crippen LogP contribution >= 0.6 is 12.2 Å². The van der Waals surface area contributed by atoms with Gasteiger partial charge in [0.1, 0.15) is 0 Å². The van der Waals surface area contributed by atoms with Crippen LogP contribution in [0.25, 0.3) is 0 Å². The first kappa shape index (κ1) is 15.6. The lowest BCUT2D eigenvalue weighted by molar-refractivity contribution is -0.146. The lowest BCUT2D eigenvalue weighted by Crippen LogP contribution is -2.35. The molecule has 0 aliphatic heterocycles. The van der Waals surface area contributed by atoms with Crippen LogP contribution in [-0.2, 0) is 0 Å². The summed E-state index contributed by atoms with van der Waals surface area (Å²) in [6.45, 7) is 1.98. The summed E-state index contributed by atoms with van der Waals surface area (Å²) < 4.78 is 36.6. The van der Waals surface area contributed by atoms with Crippen molar-refractivity contribution in [3.8, 4) is 0 Å². The average Bonchev–Trinajstić information content (AvgIpc) is 2.09. The van der Waals surface area contributed by atoms with Crippen LogP contribution < -0.4 is 5.73 Å². The summed E-state index contributed by atoms with van der Waals surface area (Å²) in [5.74, 6) is 0. The van der Waals surface area contributed by atoms with Crippen molar-refractivity contribution in [2.45, 2.75) is 38.8 Å². The number of thiocarbonyl (C=S) groups is 1. The fraction of sp³-hybridized carbons (Fsp3) is 0.900. The Morgan fingerprint density at radius 3 is 2.31 bits per heavy atom. The molecule has 0 atom stereocenters. The number of unbranched alkanes of at least 4 members (excludes halogenated alkanes) is 1. The van der Waals surface area contributed by atoms with Gasteiger partial charge in [0, 0.05) is 0 Å². The van der Waals surface area contributed by atoms with E-state index in [4.69, 9.17) is 18.0 Å². The van der Waals surface area contributed by atoms with E-state index in [1.165, 1.54) is 4.90 Å². The molecule has 0 rings (SSSR count). The summed E-state index contributed by atoms with van der Waals surface area (Å²) in [5.41, 5.74) is 5.31. The largest absolute Gasteiger partial charge is 0.401 e. The van der Waals surface area contributed by atoms with Crippen LogP contribution in [0.3, 0.4) is 0 Å². The van der Waals surface area contributed by atoms with E-state index < -0.39 is 12.7 Å². The van der Waals surface area contributed by atoms with Crippen molar-refractivity contribution in [2.24, 2.45) is 5.73 Å². The molecular formula is C10H19F3N2S. The number of halogens is 3. The van der Waals surface area contributed by atoms with E-state index in [0.29, 0.717) is 30.9 Å².